The fourth-order valence-corrected chi connectivity index (χ4v) is 6.62. The molecule has 0 spiro atoms. The van der Waals surface area contributed by atoms with E-state index in [1.807, 2.05) is 121 Å². The molecule has 4 aromatic carbocycles. The van der Waals surface area contributed by atoms with Crippen LogP contribution in [-0.2, 0) is 14.1 Å². The Morgan fingerprint density at radius 2 is 1.03 bits per heavy atom. The smallest absolute Gasteiger partial charge is 0.306 e. The van der Waals surface area contributed by atoms with Gasteiger partial charge in [0.1, 0.15) is 13.7 Å². The van der Waals surface area contributed by atoms with Crippen molar-refractivity contribution >= 4 is 23.7 Å². The van der Waals surface area contributed by atoms with Crippen molar-refractivity contribution in [3.05, 3.63) is 132 Å². The van der Waals surface area contributed by atoms with E-state index < -0.39 is 7.14 Å². The van der Waals surface area contributed by atoms with Gasteiger partial charge in [0.15, 0.2) is 0 Å². The summed E-state index contributed by atoms with van der Waals surface area (Å²) in [5, 5.41) is 1.52. The van der Waals surface area contributed by atoms with E-state index in [4.69, 9.17) is 4.74 Å². The monoisotopic (exact) mass is 454 g/mol. The van der Waals surface area contributed by atoms with Crippen LogP contribution in [0.25, 0.3) is 0 Å². The highest BCUT2D eigenvalue weighted by molar-refractivity contribution is 7.78. The highest BCUT2D eigenvalue weighted by Gasteiger charge is 2.28. The Morgan fingerprint density at radius 3 is 1.45 bits per heavy atom. The van der Waals surface area contributed by atoms with Crippen LogP contribution in [0.3, 0.4) is 0 Å². The fraction of sp³-hybridized carbons (Fsp3) is 0.138. The highest BCUT2D eigenvalue weighted by Crippen LogP contribution is 2.43. The summed E-state index contributed by atoms with van der Waals surface area (Å²) in [4.78, 5) is 12.8. The molecule has 33 heavy (non-hydrogen) atoms. The molecule has 0 saturated heterocycles. The number of carbonyl (C=O) groups excluding carboxylic acids is 1. The molecule has 0 heterocycles. The van der Waals surface area contributed by atoms with Crippen LogP contribution in [0.5, 0.6) is 0 Å². The molecule has 0 aliphatic rings. The summed E-state index contributed by atoms with van der Waals surface area (Å²) < 4.78 is 19.8. The van der Waals surface area contributed by atoms with Gasteiger partial charge in [-0.25, -0.2) is 0 Å². The topological polar surface area (TPSA) is 43.4 Å². The lowest BCUT2D eigenvalue weighted by atomic mass is 9.92. The molecule has 0 saturated carbocycles. The van der Waals surface area contributed by atoms with Crippen molar-refractivity contribution in [2.24, 2.45) is 0 Å². The first-order valence-electron chi connectivity index (χ1n) is 11.1. The molecular formula is C29H27O3P. The summed E-state index contributed by atoms with van der Waals surface area (Å²) in [5.74, 6) is -0.384. The highest BCUT2D eigenvalue weighted by atomic mass is 31.2. The molecule has 166 valence electrons. The Bertz CT molecular complexity index is 1110. The van der Waals surface area contributed by atoms with E-state index in [-0.39, 0.29) is 31.1 Å². The molecule has 0 radical (unpaired) electrons. The van der Waals surface area contributed by atoms with Crippen molar-refractivity contribution in [2.45, 2.75) is 12.3 Å². The molecule has 3 nitrogen and oxygen atoms in total. The lowest BCUT2D eigenvalue weighted by molar-refractivity contribution is -0.143. The minimum Gasteiger partial charge on any atom is -0.465 e. The number of benzene rings is 4. The van der Waals surface area contributed by atoms with Gasteiger partial charge in [-0.1, -0.05) is 121 Å². The minimum atomic E-state index is -2.94. The van der Waals surface area contributed by atoms with Crippen LogP contribution in [0.15, 0.2) is 121 Å². The van der Waals surface area contributed by atoms with Gasteiger partial charge in [-0.15, -0.1) is 0 Å². The van der Waals surface area contributed by atoms with Gasteiger partial charge in [0.25, 0.3) is 0 Å². The maximum absolute atomic E-state index is 14.1. The SMILES string of the molecule is O=C(CCP(=O)(c1ccccc1)c1ccccc1)OCC(c1ccccc1)c1ccccc1. The Labute approximate surface area is 195 Å². The Morgan fingerprint density at radius 1 is 0.636 bits per heavy atom. The number of esters is 1. The standard InChI is InChI=1S/C29H27O3P/c30-29(32-23-28(24-13-5-1-6-14-24)25-15-7-2-8-16-25)21-22-33(31,26-17-9-3-10-18-26)27-19-11-4-12-20-27/h1-20,28H,21-23H2. The maximum Gasteiger partial charge on any atom is 0.306 e. The van der Waals surface area contributed by atoms with Crippen molar-refractivity contribution in [2.75, 3.05) is 12.8 Å². The van der Waals surface area contributed by atoms with Crippen LogP contribution in [0.2, 0.25) is 0 Å². The molecule has 0 amide bonds. The van der Waals surface area contributed by atoms with E-state index in [9.17, 15) is 9.36 Å². The normalized spacial score (nSPS) is 11.3. The molecule has 0 unspecified atom stereocenters. The quantitative estimate of drug-likeness (QED) is 0.238. The van der Waals surface area contributed by atoms with E-state index in [0.717, 1.165) is 21.7 Å². The molecule has 0 aromatic heterocycles. The lowest BCUT2D eigenvalue weighted by Gasteiger charge is -2.20. The van der Waals surface area contributed by atoms with Crippen LogP contribution in [0, 0.1) is 0 Å². The van der Waals surface area contributed by atoms with E-state index in [1.54, 1.807) is 0 Å². The zero-order valence-corrected chi connectivity index (χ0v) is 19.3. The van der Waals surface area contributed by atoms with Crippen molar-refractivity contribution in [1.29, 1.82) is 0 Å². The Balaban J connectivity index is 1.47. The van der Waals surface area contributed by atoms with E-state index >= 15 is 0 Å². The van der Waals surface area contributed by atoms with Crippen LogP contribution < -0.4 is 10.6 Å². The number of ether oxygens (including phenoxy) is 1. The maximum atomic E-state index is 14.1. The predicted octanol–water partition coefficient (Wildman–Crippen LogP) is 5.77. The van der Waals surface area contributed by atoms with Gasteiger partial charge >= 0.3 is 5.97 Å². The second kappa shape index (κ2) is 10.9. The molecular weight excluding hydrogens is 427 g/mol. The second-order valence-electron chi connectivity index (χ2n) is 7.94. The minimum absolute atomic E-state index is 0.0496. The summed E-state index contributed by atoms with van der Waals surface area (Å²) in [7, 11) is -2.94. The third-order valence-corrected chi connectivity index (χ3v) is 8.91. The van der Waals surface area contributed by atoms with E-state index in [1.165, 1.54) is 0 Å². The summed E-state index contributed by atoms with van der Waals surface area (Å²) in [6.07, 6.45) is 0.332. The van der Waals surface area contributed by atoms with Crippen LogP contribution in [0.1, 0.15) is 23.5 Å². The van der Waals surface area contributed by atoms with Gasteiger partial charge in [-0.2, -0.15) is 0 Å². The molecule has 4 heteroatoms. The van der Waals surface area contributed by atoms with Crippen LogP contribution >= 0.6 is 7.14 Å². The van der Waals surface area contributed by atoms with Gasteiger partial charge in [-0.3, -0.25) is 4.79 Å². The molecule has 0 atom stereocenters. The summed E-state index contributed by atoms with van der Waals surface area (Å²) in [6, 6.07) is 38.9. The van der Waals surface area contributed by atoms with E-state index in [2.05, 4.69) is 0 Å². The largest absolute Gasteiger partial charge is 0.465 e. The number of hydrogen-bond acceptors (Lipinski definition) is 3. The molecule has 4 rings (SSSR count). The summed E-state index contributed by atoms with van der Waals surface area (Å²) in [5.41, 5.74) is 2.19. The number of hydrogen-bond donors (Lipinski definition) is 0. The fourth-order valence-electron chi connectivity index (χ4n) is 4.00. The number of carbonyl (C=O) groups is 1. The summed E-state index contributed by atoms with van der Waals surface area (Å²) >= 11 is 0. The molecule has 4 aromatic rings. The van der Waals surface area contributed by atoms with Crippen LogP contribution in [-0.4, -0.2) is 18.7 Å². The first-order valence-corrected chi connectivity index (χ1v) is 13.0. The van der Waals surface area contributed by atoms with Crippen molar-refractivity contribution in [1.82, 2.24) is 0 Å². The zero-order chi connectivity index (χ0) is 22.9. The van der Waals surface area contributed by atoms with Gasteiger partial charge in [0.05, 0.1) is 6.42 Å². The third-order valence-electron chi connectivity index (χ3n) is 5.79. The van der Waals surface area contributed by atoms with Crippen molar-refractivity contribution < 1.29 is 14.1 Å². The van der Waals surface area contributed by atoms with E-state index in [0.29, 0.717) is 0 Å². The third kappa shape index (κ3) is 5.69. The first kappa shape index (κ1) is 22.8. The molecule has 0 fully saturated rings. The molecule has 0 bridgehead atoms. The molecule has 0 N–H and O–H groups in total. The Hall–Kier alpha value is -3.42. The van der Waals surface area contributed by atoms with Crippen molar-refractivity contribution in [3.63, 3.8) is 0 Å². The summed E-state index contributed by atoms with van der Waals surface area (Å²) in [6.45, 7) is 0.244. The van der Waals surface area contributed by atoms with Gasteiger partial charge < -0.3 is 9.30 Å². The first-order chi connectivity index (χ1) is 16.2. The average molecular weight is 455 g/mol. The number of rotatable bonds is 9. The second-order valence-corrected chi connectivity index (χ2v) is 10.9. The lowest BCUT2D eigenvalue weighted by Crippen LogP contribution is -2.21. The van der Waals surface area contributed by atoms with Gasteiger partial charge in [0, 0.05) is 22.7 Å². The molecule has 0 aliphatic heterocycles. The predicted molar refractivity (Wildman–Crippen MR) is 135 cm³/mol. The molecule has 0 aliphatic carbocycles. The van der Waals surface area contributed by atoms with Gasteiger partial charge in [-0.05, 0) is 11.1 Å². The van der Waals surface area contributed by atoms with Gasteiger partial charge in [0.2, 0.25) is 0 Å². The van der Waals surface area contributed by atoms with Crippen molar-refractivity contribution in [3.8, 4) is 0 Å². The average Bonchev–Trinajstić information content (AvgIpc) is 2.90. The Kier molecular flexibility index (Phi) is 7.55. The zero-order valence-electron chi connectivity index (χ0n) is 18.4. The van der Waals surface area contributed by atoms with Crippen LogP contribution in [0.4, 0.5) is 0 Å².